The fourth-order valence-electron chi connectivity index (χ4n) is 2.78. The first-order valence-corrected chi connectivity index (χ1v) is 7.76. The van der Waals surface area contributed by atoms with Crippen molar-refractivity contribution in [1.29, 1.82) is 0 Å². The lowest BCUT2D eigenvalue weighted by Crippen LogP contribution is -2.25. The Morgan fingerprint density at radius 2 is 2.00 bits per heavy atom. The van der Waals surface area contributed by atoms with Crippen molar-refractivity contribution in [2.45, 2.75) is 12.3 Å². The molecule has 22 heavy (non-hydrogen) atoms. The molecule has 2 aromatic carbocycles. The van der Waals surface area contributed by atoms with Gasteiger partial charge < -0.3 is 14.5 Å². The van der Waals surface area contributed by atoms with Crippen LogP contribution in [0, 0.1) is 0 Å². The molecular formula is C18H16BrNO2. The Kier molecular flexibility index (Phi) is 3.79. The van der Waals surface area contributed by atoms with Crippen LogP contribution in [-0.2, 0) is 10.2 Å². The molecule has 1 unspecified atom stereocenters. The first-order valence-electron chi connectivity index (χ1n) is 6.97. The van der Waals surface area contributed by atoms with Crippen LogP contribution < -0.4 is 4.74 Å². The molecule has 1 aromatic heterocycles. The number of para-hydroxylation sites is 1. The number of hydrogen-bond donors (Lipinski definition) is 1. The number of halogens is 1. The third kappa shape index (κ3) is 2.24. The van der Waals surface area contributed by atoms with Gasteiger partial charge in [-0.1, -0.05) is 24.3 Å². The molecule has 3 aromatic rings. The van der Waals surface area contributed by atoms with Crippen molar-refractivity contribution in [3.8, 4) is 5.75 Å². The molecule has 1 N–H and O–H groups in total. The third-order valence-electron chi connectivity index (χ3n) is 4.14. The number of aromatic nitrogens is 1. The maximum atomic E-state index is 12.0. The number of methoxy groups -OCH3 is 1. The molecule has 0 bridgehead atoms. The Balaban J connectivity index is 2.20. The maximum Gasteiger partial charge on any atom is 0.134 e. The van der Waals surface area contributed by atoms with Crippen LogP contribution in [0.5, 0.6) is 5.75 Å². The van der Waals surface area contributed by atoms with E-state index in [1.807, 2.05) is 55.6 Å². The molecule has 1 atom stereocenters. The van der Waals surface area contributed by atoms with E-state index in [9.17, 15) is 4.79 Å². The van der Waals surface area contributed by atoms with Crippen LogP contribution in [0.4, 0.5) is 0 Å². The number of hydrogen-bond acceptors (Lipinski definition) is 2. The van der Waals surface area contributed by atoms with Gasteiger partial charge >= 0.3 is 0 Å². The lowest BCUT2D eigenvalue weighted by atomic mass is 9.77. The summed E-state index contributed by atoms with van der Waals surface area (Å²) >= 11 is 3.49. The summed E-state index contributed by atoms with van der Waals surface area (Å²) in [5.41, 5.74) is 2.18. The molecule has 3 nitrogen and oxygen atoms in total. The van der Waals surface area contributed by atoms with Crippen molar-refractivity contribution in [3.63, 3.8) is 0 Å². The van der Waals surface area contributed by atoms with Crippen LogP contribution in [0.2, 0.25) is 0 Å². The Morgan fingerprint density at radius 3 is 2.68 bits per heavy atom. The summed E-state index contributed by atoms with van der Waals surface area (Å²) in [5.74, 6) is 0.746. The molecule has 112 valence electrons. The molecule has 1 heterocycles. The molecule has 3 rings (SSSR count). The van der Waals surface area contributed by atoms with E-state index in [4.69, 9.17) is 4.74 Å². The Labute approximate surface area is 137 Å². The second-order valence-corrected chi connectivity index (χ2v) is 6.27. The molecule has 0 radical (unpaired) electrons. The van der Waals surface area contributed by atoms with Crippen LogP contribution in [0.25, 0.3) is 10.9 Å². The minimum atomic E-state index is -0.728. The third-order valence-corrected chi connectivity index (χ3v) is 4.76. The summed E-state index contributed by atoms with van der Waals surface area (Å²) in [6, 6.07) is 13.7. The molecule has 0 aliphatic carbocycles. The van der Waals surface area contributed by atoms with E-state index in [1.54, 1.807) is 7.11 Å². The number of rotatable bonds is 4. The fraction of sp³-hybridized carbons (Fsp3) is 0.167. The van der Waals surface area contributed by atoms with Gasteiger partial charge in [-0.15, -0.1) is 0 Å². The van der Waals surface area contributed by atoms with Gasteiger partial charge in [0.15, 0.2) is 0 Å². The second kappa shape index (κ2) is 5.61. The molecule has 0 aliphatic rings. The number of carbonyl (C=O) groups is 1. The van der Waals surface area contributed by atoms with Crippen molar-refractivity contribution in [2.24, 2.45) is 0 Å². The summed E-state index contributed by atoms with van der Waals surface area (Å²) in [6.45, 7) is 1.93. The molecule has 4 heteroatoms. The summed E-state index contributed by atoms with van der Waals surface area (Å²) in [4.78, 5) is 15.2. The lowest BCUT2D eigenvalue weighted by molar-refractivity contribution is -0.110. The Hall–Kier alpha value is -2.07. The smallest absolute Gasteiger partial charge is 0.134 e. The number of ether oxygens (including phenoxy) is 1. The highest BCUT2D eigenvalue weighted by molar-refractivity contribution is 9.10. The molecule has 0 saturated carbocycles. The second-order valence-electron chi connectivity index (χ2n) is 5.42. The highest BCUT2D eigenvalue weighted by atomic mass is 79.9. The lowest BCUT2D eigenvalue weighted by Gasteiger charge is -2.24. The van der Waals surface area contributed by atoms with Gasteiger partial charge in [0.1, 0.15) is 12.0 Å². The highest BCUT2D eigenvalue weighted by Gasteiger charge is 2.31. The van der Waals surface area contributed by atoms with Crippen LogP contribution >= 0.6 is 15.9 Å². The van der Waals surface area contributed by atoms with E-state index in [1.165, 1.54) is 0 Å². The van der Waals surface area contributed by atoms with Crippen LogP contribution in [0.1, 0.15) is 18.1 Å². The molecule has 0 saturated heterocycles. The molecule has 0 amide bonds. The first-order chi connectivity index (χ1) is 10.6. The SMILES string of the molecule is COc1ccc(C(C)(C=O)c2c[nH]c3ccccc23)cc1Br. The summed E-state index contributed by atoms with van der Waals surface area (Å²) in [6.07, 6.45) is 2.91. The van der Waals surface area contributed by atoms with Gasteiger partial charge in [0, 0.05) is 17.1 Å². The van der Waals surface area contributed by atoms with Crippen molar-refractivity contribution < 1.29 is 9.53 Å². The summed E-state index contributed by atoms with van der Waals surface area (Å²) in [5, 5.41) is 1.06. The predicted octanol–water partition coefficient (Wildman–Crippen LogP) is 4.44. The fourth-order valence-corrected chi connectivity index (χ4v) is 3.32. The number of carbonyl (C=O) groups excluding carboxylic acids is 1. The number of aldehydes is 1. The molecular weight excluding hydrogens is 342 g/mol. The zero-order chi connectivity index (χ0) is 15.7. The van der Waals surface area contributed by atoms with E-state index in [0.29, 0.717) is 0 Å². The average molecular weight is 358 g/mol. The van der Waals surface area contributed by atoms with Gasteiger partial charge in [-0.05, 0) is 52.2 Å². The Morgan fingerprint density at radius 1 is 1.23 bits per heavy atom. The predicted molar refractivity (Wildman–Crippen MR) is 91.5 cm³/mol. The van der Waals surface area contributed by atoms with E-state index in [2.05, 4.69) is 20.9 Å². The van der Waals surface area contributed by atoms with Crippen molar-refractivity contribution in [3.05, 3.63) is 64.3 Å². The first kappa shape index (κ1) is 14.9. The largest absolute Gasteiger partial charge is 0.496 e. The van der Waals surface area contributed by atoms with Crippen molar-refractivity contribution in [1.82, 2.24) is 4.98 Å². The van der Waals surface area contributed by atoms with Gasteiger partial charge in [0.05, 0.1) is 17.0 Å². The normalized spacial score (nSPS) is 13.8. The van der Waals surface area contributed by atoms with Gasteiger partial charge in [-0.3, -0.25) is 0 Å². The maximum absolute atomic E-state index is 12.0. The van der Waals surface area contributed by atoms with Crippen LogP contribution in [-0.4, -0.2) is 18.4 Å². The van der Waals surface area contributed by atoms with Gasteiger partial charge in [-0.2, -0.15) is 0 Å². The van der Waals surface area contributed by atoms with Crippen molar-refractivity contribution >= 4 is 33.1 Å². The number of H-pyrrole nitrogens is 1. The monoisotopic (exact) mass is 357 g/mol. The van der Waals surface area contributed by atoms with Crippen molar-refractivity contribution in [2.75, 3.05) is 7.11 Å². The number of aromatic amines is 1. The number of nitrogens with one attached hydrogen (secondary N) is 1. The van der Waals surface area contributed by atoms with E-state index < -0.39 is 5.41 Å². The van der Waals surface area contributed by atoms with Crippen LogP contribution in [0.15, 0.2) is 53.1 Å². The summed E-state index contributed by atoms with van der Waals surface area (Å²) in [7, 11) is 1.62. The Bertz CT molecular complexity index is 840. The van der Waals surface area contributed by atoms with Gasteiger partial charge in [0.25, 0.3) is 0 Å². The van der Waals surface area contributed by atoms with Gasteiger partial charge in [0.2, 0.25) is 0 Å². The molecule has 0 fully saturated rings. The minimum Gasteiger partial charge on any atom is -0.496 e. The van der Waals surface area contributed by atoms with E-state index >= 15 is 0 Å². The summed E-state index contributed by atoms with van der Waals surface area (Å²) < 4.78 is 6.10. The number of fused-ring (bicyclic) bond motifs is 1. The van der Waals surface area contributed by atoms with Crippen LogP contribution in [0.3, 0.4) is 0 Å². The quantitative estimate of drug-likeness (QED) is 0.701. The number of benzene rings is 2. The molecule has 0 aliphatic heterocycles. The van der Waals surface area contributed by atoms with E-state index in [-0.39, 0.29) is 0 Å². The topological polar surface area (TPSA) is 42.1 Å². The zero-order valence-corrected chi connectivity index (χ0v) is 14.0. The molecule has 0 spiro atoms. The minimum absolute atomic E-state index is 0.728. The zero-order valence-electron chi connectivity index (χ0n) is 12.4. The van der Waals surface area contributed by atoms with E-state index in [0.717, 1.165) is 38.5 Å². The standard InChI is InChI=1S/C18H16BrNO2/c1-18(11-21,12-7-8-17(22-2)15(19)9-12)14-10-20-16-6-4-3-5-13(14)16/h3-11,20H,1-2H3. The highest BCUT2D eigenvalue weighted by Crippen LogP contribution is 2.37. The average Bonchev–Trinajstić information content (AvgIpc) is 2.98. The van der Waals surface area contributed by atoms with Gasteiger partial charge in [-0.25, -0.2) is 0 Å².